The number of nitrogens with zero attached hydrogens (tertiary/aromatic N) is 7. The molecule has 0 radical (unpaired) electrons. The van der Waals surface area contributed by atoms with Gasteiger partial charge in [0.05, 0.1) is 35.4 Å². The van der Waals surface area contributed by atoms with Crippen LogP contribution in [0.4, 0.5) is 5.13 Å². The van der Waals surface area contributed by atoms with E-state index in [0.29, 0.717) is 27.8 Å². The smallest absolute Gasteiger partial charge is 0.277 e. The summed E-state index contributed by atoms with van der Waals surface area (Å²) in [6, 6.07) is 8.83. The number of nitriles is 1. The van der Waals surface area contributed by atoms with E-state index in [4.69, 9.17) is 5.26 Å². The Morgan fingerprint density at radius 2 is 2.15 bits per heavy atom. The molecule has 4 heterocycles. The molecule has 27 heavy (non-hydrogen) atoms. The number of aromatic nitrogens is 6. The molecule has 0 saturated heterocycles. The average molecular weight is 374 g/mol. The Hall–Kier alpha value is -3.97. The number of hydrogen-bond acceptors (Lipinski definition) is 8. The van der Waals surface area contributed by atoms with Gasteiger partial charge in [-0.05, 0) is 24.3 Å². The third-order valence-electron chi connectivity index (χ3n) is 3.55. The van der Waals surface area contributed by atoms with Crippen molar-refractivity contribution in [2.45, 2.75) is 0 Å². The van der Waals surface area contributed by atoms with Gasteiger partial charge in [0, 0.05) is 17.8 Å². The van der Waals surface area contributed by atoms with E-state index in [1.54, 1.807) is 48.2 Å². The molecular weight excluding hydrogens is 364 g/mol. The minimum atomic E-state index is -0.400. The number of anilines is 1. The van der Waals surface area contributed by atoms with Crippen LogP contribution in [0.3, 0.4) is 0 Å². The monoisotopic (exact) mass is 374 g/mol. The lowest BCUT2D eigenvalue weighted by molar-refractivity contribution is 0.101. The molecule has 9 nitrogen and oxygen atoms in total. The molecule has 4 aromatic heterocycles. The van der Waals surface area contributed by atoms with Gasteiger partial charge in [-0.25, -0.2) is 9.67 Å². The highest BCUT2D eigenvalue weighted by Gasteiger charge is 2.17. The summed E-state index contributed by atoms with van der Waals surface area (Å²) in [5.41, 5.74) is 2.51. The highest BCUT2D eigenvalue weighted by molar-refractivity contribution is 7.14. The van der Waals surface area contributed by atoms with Gasteiger partial charge in [-0.15, -0.1) is 16.4 Å². The van der Waals surface area contributed by atoms with E-state index in [1.165, 1.54) is 22.2 Å². The lowest BCUT2D eigenvalue weighted by Gasteiger charge is -2.04. The molecule has 0 aliphatic heterocycles. The van der Waals surface area contributed by atoms with Crippen molar-refractivity contribution in [1.29, 1.82) is 5.26 Å². The average Bonchev–Trinajstić information content (AvgIpc) is 3.38. The van der Waals surface area contributed by atoms with Gasteiger partial charge in [-0.1, -0.05) is 5.21 Å². The highest BCUT2D eigenvalue weighted by Crippen LogP contribution is 2.24. The van der Waals surface area contributed by atoms with Crippen molar-refractivity contribution in [1.82, 2.24) is 29.9 Å². The molecule has 130 valence electrons. The lowest BCUT2D eigenvalue weighted by Crippen LogP contribution is -2.17. The number of hydrogen-bond donors (Lipinski definition) is 1. The van der Waals surface area contributed by atoms with E-state index in [9.17, 15) is 4.79 Å². The van der Waals surface area contributed by atoms with Gasteiger partial charge in [-0.2, -0.15) is 5.26 Å². The normalized spacial score (nSPS) is 10.3. The van der Waals surface area contributed by atoms with E-state index < -0.39 is 5.91 Å². The van der Waals surface area contributed by atoms with Gasteiger partial charge in [-0.3, -0.25) is 20.1 Å². The maximum atomic E-state index is 12.6. The number of carbonyl (C=O) groups is 1. The summed E-state index contributed by atoms with van der Waals surface area (Å²) >= 11 is 1.26. The molecule has 0 aliphatic rings. The van der Waals surface area contributed by atoms with Gasteiger partial charge in [0.1, 0.15) is 5.69 Å². The molecule has 0 fully saturated rings. The molecule has 0 unspecified atom stereocenters. The number of pyridine rings is 2. The van der Waals surface area contributed by atoms with E-state index in [0.717, 1.165) is 0 Å². The summed E-state index contributed by atoms with van der Waals surface area (Å²) < 4.78 is 1.40. The maximum absolute atomic E-state index is 12.6. The van der Waals surface area contributed by atoms with Crippen LogP contribution in [0.1, 0.15) is 16.1 Å². The van der Waals surface area contributed by atoms with Crippen LogP contribution in [0.5, 0.6) is 0 Å². The molecule has 0 aromatic carbocycles. The summed E-state index contributed by atoms with van der Waals surface area (Å²) in [5, 5.41) is 21.6. The second-order valence-corrected chi connectivity index (χ2v) is 6.13. The first-order valence-electron chi connectivity index (χ1n) is 7.69. The Morgan fingerprint density at radius 1 is 1.22 bits per heavy atom. The van der Waals surface area contributed by atoms with Crippen LogP contribution in [-0.2, 0) is 0 Å². The Bertz CT molecular complexity index is 1140. The first-order valence-corrected chi connectivity index (χ1v) is 8.57. The summed E-state index contributed by atoms with van der Waals surface area (Å²) in [4.78, 5) is 25.2. The van der Waals surface area contributed by atoms with E-state index >= 15 is 0 Å². The van der Waals surface area contributed by atoms with E-state index in [1.807, 2.05) is 0 Å². The van der Waals surface area contributed by atoms with Crippen molar-refractivity contribution in [3.63, 3.8) is 0 Å². The molecule has 4 aromatic rings. The number of thiazole rings is 1. The van der Waals surface area contributed by atoms with Crippen molar-refractivity contribution >= 4 is 22.4 Å². The van der Waals surface area contributed by atoms with Crippen LogP contribution in [0.25, 0.3) is 17.1 Å². The lowest BCUT2D eigenvalue weighted by atomic mass is 10.2. The second-order valence-electron chi connectivity index (χ2n) is 5.28. The molecule has 1 amide bonds. The molecule has 0 atom stereocenters. The van der Waals surface area contributed by atoms with Crippen molar-refractivity contribution in [2.75, 3.05) is 5.32 Å². The standard InChI is InChI=1S/C17H10N8OS/c18-7-11-3-5-20-13(6-11)14-10-27-17(22-14)23-16(26)15-9-21-24-25(15)12-2-1-4-19-8-12/h1-6,8-10H,(H,22,23,26). The van der Waals surface area contributed by atoms with Gasteiger partial charge in [0.25, 0.3) is 5.91 Å². The fourth-order valence-electron chi connectivity index (χ4n) is 2.31. The van der Waals surface area contributed by atoms with Crippen LogP contribution in [0, 0.1) is 11.3 Å². The van der Waals surface area contributed by atoms with Crippen molar-refractivity contribution in [2.24, 2.45) is 0 Å². The number of carbonyl (C=O) groups excluding carboxylic acids is 1. The predicted molar refractivity (Wildman–Crippen MR) is 97.2 cm³/mol. The van der Waals surface area contributed by atoms with Crippen LogP contribution in [-0.4, -0.2) is 35.9 Å². The molecule has 0 saturated carbocycles. The minimum Gasteiger partial charge on any atom is -0.296 e. The molecule has 4 rings (SSSR count). The van der Waals surface area contributed by atoms with Crippen LogP contribution >= 0.6 is 11.3 Å². The Morgan fingerprint density at radius 3 is 2.96 bits per heavy atom. The molecule has 0 aliphatic carbocycles. The number of nitrogens with one attached hydrogen (secondary N) is 1. The third-order valence-corrected chi connectivity index (χ3v) is 4.31. The molecular formula is C17H10N8OS. The van der Waals surface area contributed by atoms with Gasteiger partial charge < -0.3 is 0 Å². The molecule has 1 N–H and O–H groups in total. The van der Waals surface area contributed by atoms with Crippen LogP contribution in [0.2, 0.25) is 0 Å². The quantitative estimate of drug-likeness (QED) is 0.581. The molecule has 0 spiro atoms. The minimum absolute atomic E-state index is 0.254. The van der Waals surface area contributed by atoms with Gasteiger partial charge in [0.2, 0.25) is 0 Å². The van der Waals surface area contributed by atoms with E-state index in [-0.39, 0.29) is 5.69 Å². The predicted octanol–water partition coefficient (Wildman–Crippen LogP) is 2.30. The first kappa shape index (κ1) is 16.5. The fraction of sp³-hybridized carbons (Fsp3) is 0. The fourth-order valence-corrected chi connectivity index (χ4v) is 3.01. The summed E-state index contributed by atoms with van der Waals surface area (Å²) in [7, 11) is 0. The summed E-state index contributed by atoms with van der Waals surface area (Å²) in [6.45, 7) is 0. The third kappa shape index (κ3) is 3.39. The maximum Gasteiger partial charge on any atom is 0.277 e. The zero-order valence-electron chi connectivity index (χ0n) is 13.6. The van der Waals surface area contributed by atoms with E-state index in [2.05, 4.69) is 36.7 Å². The van der Waals surface area contributed by atoms with Gasteiger partial charge >= 0.3 is 0 Å². The van der Waals surface area contributed by atoms with Gasteiger partial charge in [0.15, 0.2) is 10.8 Å². The number of rotatable bonds is 4. The molecule has 0 bridgehead atoms. The Kier molecular flexibility index (Phi) is 4.34. The van der Waals surface area contributed by atoms with Crippen LogP contribution in [0.15, 0.2) is 54.4 Å². The highest BCUT2D eigenvalue weighted by atomic mass is 32.1. The van der Waals surface area contributed by atoms with Crippen molar-refractivity contribution in [3.05, 3.63) is 65.7 Å². The molecule has 10 heteroatoms. The van der Waals surface area contributed by atoms with Crippen LogP contribution < -0.4 is 5.32 Å². The zero-order chi connectivity index (χ0) is 18.6. The zero-order valence-corrected chi connectivity index (χ0v) is 14.5. The summed E-state index contributed by atoms with van der Waals surface area (Å²) in [5.74, 6) is -0.400. The second kappa shape index (κ2) is 7.11. The van der Waals surface area contributed by atoms with Crippen molar-refractivity contribution < 1.29 is 4.79 Å². The largest absolute Gasteiger partial charge is 0.296 e. The Labute approximate surface area is 157 Å². The number of amides is 1. The van der Waals surface area contributed by atoms with Crippen molar-refractivity contribution in [3.8, 4) is 23.1 Å². The summed E-state index contributed by atoms with van der Waals surface area (Å²) in [6.07, 6.45) is 6.13. The SMILES string of the molecule is N#Cc1ccnc(-c2csc(NC(=O)c3cnnn3-c3cccnc3)n2)c1. The topological polar surface area (TPSA) is 122 Å². The Balaban J connectivity index is 1.56. The first-order chi connectivity index (χ1) is 13.2.